The van der Waals surface area contributed by atoms with E-state index in [1.165, 1.54) is 135 Å². The van der Waals surface area contributed by atoms with Gasteiger partial charge in [0.1, 0.15) is 13.2 Å². The van der Waals surface area contributed by atoms with Crippen molar-refractivity contribution in [2.24, 2.45) is 0 Å². The molecule has 0 N–H and O–H groups in total. The van der Waals surface area contributed by atoms with Crippen molar-refractivity contribution in [3.05, 3.63) is 36.5 Å². The van der Waals surface area contributed by atoms with E-state index in [9.17, 15) is 14.4 Å². The van der Waals surface area contributed by atoms with Gasteiger partial charge in [0.2, 0.25) is 0 Å². The van der Waals surface area contributed by atoms with Gasteiger partial charge in [-0.2, -0.15) is 0 Å². The maximum atomic E-state index is 12.7. The highest BCUT2D eigenvalue weighted by Crippen LogP contribution is 2.15. The Labute approximate surface area is 359 Å². The van der Waals surface area contributed by atoms with Crippen molar-refractivity contribution < 1.29 is 28.6 Å². The molecule has 0 aliphatic rings. The highest BCUT2D eigenvalue weighted by Gasteiger charge is 2.19. The monoisotopic (exact) mass is 815 g/mol. The standard InChI is InChI=1S/C52H94O6/c1-4-7-10-13-16-19-22-24-25-26-27-29-30-33-36-39-42-45-51(54)57-48-49(47-56-50(53)44-41-38-35-32-21-18-15-12-9-6-3)58-52(55)46-43-40-37-34-31-28-23-20-17-14-11-8-5-2/h12,15-16,19,24-25,49H,4-11,13-14,17-18,20-23,26-48H2,1-3H3/b15-12-,19-16-,25-24-. The van der Waals surface area contributed by atoms with Crippen molar-refractivity contribution in [1.29, 1.82) is 0 Å². The Bertz CT molecular complexity index is 984. The molecule has 0 radical (unpaired) electrons. The van der Waals surface area contributed by atoms with Gasteiger partial charge in [-0.05, 0) is 70.6 Å². The third kappa shape index (κ3) is 44.7. The Morgan fingerprint density at radius 3 is 1.07 bits per heavy atom. The summed E-state index contributed by atoms with van der Waals surface area (Å²) in [4.78, 5) is 37.8. The van der Waals surface area contributed by atoms with E-state index in [1.807, 2.05) is 0 Å². The van der Waals surface area contributed by atoms with Gasteiger partial charge in [0, 0.05) is 19.3 Å². The van der Waals surface area contributed by atoms with Crippen molar-refractivity contribution >= 4 is 17.9 Å². The molecule has 0 fully saturated rings. The zero-order chi connectivity index (χ0) is 42.3. The van der Waals surface area contributed by atoms with Crippen molar-refractivity contribution in [1.82, 2.24) is 0 Å². The minimum absolute atomic E-state index is 0.0765. The second kappa shape index (κ2) is 47.3. The van der Waals surface area contributed by atoms with Gasteiger partial charge in [-0.15, -0.1) is 0 Å². The van der Waals surface area contributed by atoms with Gasteiger partial charge in [-0.3, -0.25) is 14.4 Å². The first-order chi connectivity index (χ1) is 28.5. The largest absolute Gasteiger partial charge is 0.462 e. The van der Waals surface area contributed by atoms with E-state index >= 15 is 0 Å². The van der Waals surface area contributed by atoms with Gasteiger partial charge in [0.25, 0.3) is 0 Å². The van der Waals surface area contributed by atoms with Crippen molar-refractivity contribution in [2.45, 2.75) is 264 Å². The summed E-state index contributed by atoms with van der Waals surface area (Å²) in [6.07, 6.45) is 54.1. The average Bonchev–Trinajstić information content (AvgIpc) is 3.22. The Morgan fingerprint density at radius 1 is 0.345 bits per heavy atom. The fraction of sp³-hybridized carbons (Fsp3) is 0.827. The summed E-state index contributed by atoms with van der Waals surface area (Å²) in [7, 11) is 0. The Balaban J connectivity index is 4.33. The number of rotatable bonds is 45. The molecular formula is C52H94O6. The molecule has 0 saturated carbocycles. The molecule has 0 aromatic carbocycles. The number of carbonyl (C=O) groups is 3. The van der Waals surface area contributed by atoms with Crippen LogP contribution in [0, 0.1) is 0 Å². The molecule has 0 bridgehead atoms. The zero-order valence-electron chi connectivity index (χ0n) is 38.6. The lowest BCUT2D eigenvalue weighted by Crippen LogP contribution is -2.30. The number of carbonyl (C=O) groups excluding carboxylic acids is 3. The molecule has 0 aliphatic carbocycles. The smallest absolute Gasteiger partial charge is 0.306 e. The van der Waals surface area contributed by atoms with Crippen molar-refractivity contribution in [3.8, 4) is 0 Å². The third-order valence-electron chi connectivity index (χ3n) is 10.8. The molecule has 1 atom stereocenters. The fourth-order valence-electron chi connectivity index (χ4n) is 7.06. The molecule has 0 saturated heterocycles. The number of allylic oxidation sites excluding steroid dienone is 6. The Hall–Kier alpha value is -2.37. The molecule has 6 nitrogen and oxygen atoms in total. The zero-order valence-corrected chi connectivity index (χ0v) is 38.6. The van der Waals surface area contributed by atoms with Crippen molar-refractivity contribution in [3.63, 3.8) is 0 Å². The Morgan fingerprint density at radius 2 is 0.655 bits per heavy atom. The molecule has 0 rings (SSSR count). The van der Waals surface area contributed by atoms with Crippen LogP contribution in [-0.4, -0.2) is 37.2 Å². The molecule has 6 heteroatoms. The first-order valence-corrected chi connectivity index (χ1v) is 25.0. The van der Waals surface area contributed by atoms with E-state index in [2.05, 4.69) is 57.2 Å². The van der Waals surface area contributed by atoms with E-state index < -0.39 is 6.10 Å². The molecule has 0 heterocycles. The Kier molecular flexibility index (Phi) is 45.4. The maximum Gasteiger partial charge on any atom is 0.306 e. The lowest BCUT2D eigenvalue weighted by Gasteiger charge is -2.18. The molecule has 0 spiro atoms. The van der Waals surface area contributed by atoms with Crippen LogP contribution in [0.25, 0.3) is 0 Å². The summed E-state index contributed by atoms with van der Waals surface area (Å²) in [5, 5.41) is 0. The first kappa shape index (κ1) is 55.6. The predicted molar refractivity (Wildman–Crippen MR) is 247 cm³/mol. The molecule has 0 aliphatic heterocycles. The van der Waals surface area contributed by atoms with Crippen LogP contribution in [0.5, 0.6) is 0 Å². The molecule has 338 valence electrons. The summed E-state index contributed by atoms with van der Waals surface area (Å²) < 4.78 is 16.7. The fourth-order valence-corrected chi connectivity index (χ4v) is 7.06. The second-order valence-corrected chi connectivity index (χ2v) is 16.7. The number of unbranched alkanes of at least 4 members (excludes halogenated alkanes) is 28. The number of ether oxygens (including phenoxy) is 3. The summed E-state index contributed by atoms with van der Waals surface area (Å²) in [5.41, 5.74) is 0. The maximum absolute atomic E-state index is 12.7. The minimum atomic E-state index is -0.773. The normalized spacial score (nSPS) is 12.3. The summed E-state index contributed by atoms with van der Waals surface area (Å²) in [6, 6.07) is 0. The van der Waals surface area contributed by atoms with Crippen LogP contribution in [0.15, 0.2) is 36.5 Å². The number of hydrogen-bond donors (Lipinski definition) is 0. The van der Waals surface area contributed by atoms with E-state index in [0.29, 0.717) is 19.3 Å². The van der Waals surface area contributed by atoms with Crippen LogP contribution >= 0.6 is 0 Å². The van der Waals surface area contributed by atoms with Crippen LogP contribution in [0.2, 0.25) is 0 Å². The van der Waals surface area contributed by atoms with E-state index in [4.69, 9.17) is 14.2 Å². The minimum Gasteiger partial charge on any atom is -0.462 e. The topological polar surface area (TPSA) is 78.9 Å². The van der Waals surface area contributed by atoms with Crippen LogP contribution < -0.4 is 0 Å². The third-order valence-corrected chi connectivity index (χ3v) is 10.8. The molecule has 0 aromatic heterocycles. The molecule has 1 unspecified atom stereocenters. The van der Waals surface area contributed by atoms with E-state index in [1.54, 1.807) is 0 Å². The summed E-state index contributed by atoms with van der Waals surface area (Å²) in [6.45, 7) is 6.55. The van der Waals surface area contributed by atoms with E-state index in [-0.39, 0.29) is 31.1 Å². The first-order valence-electron chi connectivity index (χ1n) is 25.0. The van der Waals surface area contributed by atoms with Crippen molar-refractivity contribution in [2.75, 3.05) is 13.2 Å². The second-order valence-electron chi connectivity index (χ2n) is 16.7. The van der Waals surface area contributed by atoms with Crippen LogP contribution in [0.4, 0.5) is 0 Å². The van der Waals surface area contributed by atoms with Gasteiger partial charge in [-0.1, -0.05) is 205 Å². The molecule has 0 amide bonds. The van der Waals surface area contributed by atoms with Crippen LogP contribution in [0.3, 0.4) is 0 Å². The molecule has 0 aromatic rings. The highest BCUT2D eigenvalue weighted by atomic mass is 16.6. The number of esters is 3. The highest BCUT2D eigenvalue weighted by molar-refractivity contribution is 5.71. The van der Waals surface area contributed by atoms with Gasteiger partial charge >= 0.3 is 17.9 Å². The average molecular weight is 815 g/mol. The van der Waals surface area contributed by atoms with E-state index in [0.717, 1.165) is 83.5 Å². The van der Waals surface area contributed by atoms with Gasteiger partial charge in [-0.25, -0.2) is 0 Å². The summed E-state index contributed by atoms with van der Waals surface area (Å²) in [5.74, 6) is -0.887. The quantitative estimate of drug-likeness (QED) is 0.0264. The lowest BCUT2D eigenvalue weighted by molar-refractivity contribution is -0.167. The van der Waals surface area contributed by atoms with Crippen LogP contribution in [-0.2, 0) is 28.6 Å². The van der Waals surface area contributed by atoms with Crippen LogP contribution in [0.1, 0.15) is 258 Å². The molecule has 58 heavy (non-hydrogen) atoms. The lowest BCUT2D eigenvalue weighted by atomic mass is 10.0. The summed E-state index contributed by atoms with van der Waals surface area (Å²) >= 11 is 0. The number of hydrogen-bond acceptors (Lipinski definition) is 6. The predicted octanol–water partition coefficient (Wildman–Crippen LogP) is 16.1. The van der Waals surface area contributed by atoms with Gasteiger partial charge in [0.05, 0.1) is 0 Å². The van der Waals surface area contributed by atoms with Gasteiger partial charge < -0.3 is 14.2 Å². The molecular weight excluding hydrogens is 721 g/mol. The SMILES string of the molecule is CCC/C=C\CCCCCCCC(=O)OCC(COC(=O)CCCCCCCCC/C=C\C/C=C\CCCCC)OC(=O)CCCCCCCCCCCCCCC. The van der Waals surface area contributed by atoms with Gasteiger partial charge in [0.15, 0.2) is 6.10 Å².